The Morgan fingerprint density at radius 1 is 1.03 bits per heavy atom. The largest absolute Gasteiger partial charge is 0.487 e. The first-order valence-corrected chi connectivity index (χ1v) is 9.03. The molecule has 5 nitrogen and oxygen atoms in total. The van der Waals surface area contributed by atoms with Gasteiger partial charge in [-0.15, -0.1) is 0 Å². The van der Waals surface area contributed by atoms with Gasteiger partial charge in [0.05, 0.1) is 5.69 Å². The van der Waals surface area contributed by atoms with E-state index in [1.165, 1.54) is 24.3 Å². The second-order valence-corrected chi connectivity index (χ2v) is 6.62. The van der Waals surface area contributed by atoms with Crippen LogP contribution in [0.4, 0.5) is 8.78 Å². The van der Waals surface area contributed by atoms with Crippen molar-refractivity contribution in [3.8, 4) is 11.5 Å². The molecule has 0 aliphatic rings. The summed E-state index contributed by atoms with van der Waals surface area (Å²) in [4.78, 5) is 16.8. The molecule has 3 rings (SSSR count). The van der Waals surface area contributed by atoms with Crippen molar-refractivity contribution in [1.82, 2.24) is 4.98 Å². The van der Waals surface area contributed by atoms with E-state index in [9.17, 15) is 13.6 Å². The lowest BCUT2D eigenvalue weighted by Gasteiger charge is -2.12. The predicted molar refractivity (Wildman–Crippen MR) is 102 cm³/mol. The number of carbonyl (C=O) groups excluding carboxylic acids is 1. The highest BCUT2D eigenvalue weighted by Gasteiger charge is 2.23. The molecule has 150 valence electrons. The number of hydrogen-bond acceptors (Lipinski definition) is 4. The third-order valence-corrected chi connectivity index (χ3v) is 3.99. The minimum absolute atomic E-state index is 0.00584. The first-order valence-electron chi connectivity index (χ1n) is 9.03. The number of carbonyl (C=O) groups is 1. The molecule has 0 bridgehead atoms. The topological polar surface area (TPSA) is 52.3 Å². The number of ketones is 1. The molecule has 1 aromatic carbocycles. The van der Waals surface area contributed by atoms with Gasteiger partial charge in [-0.05, 0) is 43.3 Å². The van der Waals surface area contributed by atoms with E-state index in [2.05, 4.69) is 9.72 Å². The van der Waals surface area contributed by atoms with Crippen molar-refractivity contribution in [2.24, 2.45) is 0 Å². The quantitative estimate of drug-likeness (QED) is 0.422. The maximum atomic E-state index is 12.9. The number of halogens is 2. The molecule has 0 atom stereocenters. The standard InChI is InChI=1S/C22H21F2N2O3/c1-16-4-3-5-18(25-16)15-28-19-10-12-26(13-11-19)14-21(27)17-6-8-20(9-7-17)29-22(2,23)24/h3-13H,14-15H2,1-2H3/q+1. The third-order valence-electron chi connectivity index (χ3n) is 3.99. The highest BCUT2D eigenvalue weighted by molar-refractivity contribution is 5.95. The first kappa shape index (κ1) is 20.4. The van der Waals surface area contributed by atoms with Crippen molar-refractivity contribution in [2.75, 3.05) is 0 Å². The Labute approximate surface area is 167 Å². The summed E-state index contributed by atoms with van der Waals surface area (Å²) in [6.07, 6.45) is 0.221. The molecular weight excluding hydrogens is 378 g/mol. The summed E-state index contributed by atoms with van der Waals surface area (Å²) in [5.74, 6) is 0.521. The Morgan fingerprint density at radius 3 is 2.34 bits per heavy atom. The van der Waals surface area contributed by atoms with Crippen LogP contribution in [0.3, 0.4) is 0 Å². The van der Waals surface area contributed by atoms with Crippen LogP contribution in [0.15, 0.2) is 67.0 Å². The molecule has 0 N–H and O–H groups in total. The van der Waals surface area contributed by atoms with Gasteiger partial charge in [-0.2, -0.15) is 13.3 Å². The SMILES string of the molecule is Cc1cccc(COc2cc[n+](CC(=O)c3ccc(OC(C)(F)F)cc3)cc2)n1. The number of nitrogens with zero attached hydrogens (tertiary/aromatic N) is 2. The fourth-order valence-electron chi connectivity index (χ4n) is 2.66. The molecule has 0 amide bonds. The van der Waals surface area contributed by atoms with Crippen molar-refractivity contribution < 1.29 is 27.6 Å². The Hall–Kier alpha value is -3.35. The van der Waals surface area contributed by atoms with E-state index in [0.717, 1.165) is 11.4 Å². The molecule has 0 fully saturated rings. The number of aryl methyl sites for hydroxylation is 1. The van der Waals surface area contributed by atoms with Gasteiger partial charge in [0.1, 0.15) is 18.1 Å². The molecule has 0 saturated heterocycles. The Kier molecular flexibility index (Phi) is 6.16. The fraction of sp³-hybridized carbons (Fsp3) is 0.227. The first-order chi connectivity index (χ1) is 13.8. The number of benzene rings is 1. The van der Waals surface area contributed by atoms with Crippen molar-refractivity contribution in [3.63, 3.8) is 0 Å². The third kappa shape index (κ3) is 6.34. The molecule has 2 heterocycles. The van der Waals surface area contributed by atoms with E-state index in [4.69, 9.17) is 4.74 Å². The normalized spacial score (nSPS) is 11.2. The molecule has 0 aliphatic heterocycles. The summed E-state index contributed by atoms with van der Waals surface area (Å²) < 4.78 is 37.6. The van der Waals surface area contributed by atoms with Crippen LogP contribution in [0.1, 0.15) is 28.7 Å². The molecule has 0 aliphatic carbocycles. The summed E-state index contributed by atoms with van der Waals surface area (Å²) in [7, 11) is 0. The summed E-state index contributed by atoms with van der Waals surface area (Å²) in [5.41, 5.74) is 2.18. The van der Waals surface area contributed by atoms with Crippen molar-refractivity contribution in [2.45, 2.75) is 33.1 Å². The number of aromatic nitrogens is 2. The number of rotatable bonds is 8. The Bertz CT molecular complexity index is 969. The smallest absolute Gasteiger partial charge is 0.394 e. The summed E-state index contributed by atoms with van der Waals surface area (Å²) in [6, 6.07) is 14.9. The van der Waals surface area contributed by atoms with Gasteiger partial charge in [-0.3, -0.25) is 9.78 Å². The predicted octanol–water partition coefficient (Wildman–Crippen LogP) is 4.13. The van der Waals surface area contributed by atoms with Gasteiger partial charge in [-0.25, -0.2) is 0 Å². The zero-order valence-corrected chi connectivity index (χ0v) is 16.1. The molecular formula is C22H21F2N2O3+. The molecule has 7 heteroatoms. The van der Waals surface area contributed by atoms with Gasteiger partial charge in [0, 0.05) is 30.3 Å². The van der Waals surface area contributed by atoms with E-state index in [0.29, 0.717) is 24.8 Å². The molecule has 0 radical (unpaired) electrons. The van der Waals surface area contributed by atoms with E-state index < -0.39 is 6.11 Å². The zero-order chi connectivity index (χ0) is 20.9. The van der Waals surface area contributed by atoms with Crippen LogP contribution >= 0.6 is 0 Å². The van der Waals surface area contributed by atoms with E-state index in [1.807, 2.05) is 25.1 Å². The van der Waals surface area contributed by atoms with E-state index in [-0.39, 0.29) is 18.1 Å². The monoisotopic (exact) mass is 399 g/mol. The maximum absolute atomic E-state index is 12.9. The van der Waals surface area contributed by atoms with E-state index >= 15 is 0 Å². The zero-order valence-electron chi connectivity index (χ0n) is 16.1. The average Bonchev–Trinajstić information content (AvgIpc) is 2.67. The molecule has 0 spiro atoms. The lowest BCUT2D eigenvalue weighted by molar-refractivity contribution is -0.683. The molecule has 3 aromatic rings. The molecule has 29 heavy (non-hydrogen) atoms. The maximum Gasteiger partial charge on any atom is 0.394 e. The number of hydrogen-bond donors (Lipinski definition) is 0. The lowest BCUT2D eigenvalue weighted by atomic mass is 10.1. The van der Waals surface area contributed by atoms with Crippen LogP contribution in [-0.2, 0) is 13.2 Å². The highest BCUT2D eigenvalue weighted by atomic mass is 19.3. The minimum Gasteiger partial charge on any atom is -0.487 e. The second kappa shape index (κ2) is 8.77. The van der Waals surface area contributed by atoms with Crippen molar-refractivity contribution in [1.29, 1.82) is 0 Å². The lowest BCUT2D eigenvalue weighted by Crippen LogP contribution is -2.37. The Balaban J connectivity index is 1.55. The van der Waals surface area contributed by atoms with Gasteiger partial charge < -0.3 is 9.47 Å². The van der Waals surface area contributed by atoms with Gasteiger partial charge in [0.15, 0.2) is 12.4 Å². The van der Waals surface area contributed by atoms with Gasteiger partial charge in [0.25, 0.3) is 0 Å². The summed E-state index contributed by atoms with van der Waals surface area (Å²) >= 11 is 0. The highest BCUT2D eigenvalue weighted by Crippen LogP contribution is 2.21. The number of ether oxygens (including phenoxy) is 2. The average molecular weight is 399 g/mol. The van der Waals surface area contributed by atoms with Crippen LogP contribution in [0.5, 0.6) is 11.5 Å². The molecule has 0 saturated carbocycles. The Morgan fingerprint density at radius 2 is 1.72 bits per heavy atom. The molecule has 2 aromatic heterocycles. The van der Waals surface area contributed by atoms with E-state index in [1.54, 1.807) is 29.1 Å². The van der Waals surface area contributed by atoms with Crippen molar-refractivity contribution in [3.05, 3.63) is 83.9 Å². The second-order valence-electron chi connectivity index (χ2n) is 6.62. The summed E-state index contributed by atoms with van der Waals surface area (Å²) in [6.45, 7) is 3.05. The van der Waals surface area contributed by atoms with Crippen LogP contribution < -0.4 is 14.0 Å². The van der Waals surface area contributed by atoms with Crippen LogP contribution in [-0.4, -0.2) is 16.9 Å². The molecule has 0 unspecified atom stereocenters. The minimum atomic E-state index is -3.26. The number of alkyl halides is 2. The fourth-order valence-corrected chi connectivity index (χ4v) is 2.66. The van der Waals surface area contributed by atoms with Gasteiger partial charge in [-0.1, -0.05) is 6.07 Å². The summed E-state index contributed by atoms with van der Waals surface area (Å²) in [5, 5.41) is 0. The van der Waals surface area contributed by atoms with Crippen LogP contribution in [0.2, 0.25) is 0 Å². The van der Waals surface area contributed by atoms with Crippen LogP contribution in [0.25, 0.3) is 0 Å². The number of pyridine rings is 2. The van der Waals surface area contributed by atoms with Crippen molar-refractivity contribution >= 4 is 5.78 Å². The van der Waals surface area contributed by atoms with Crippen LogP contribution in [0, 0.1) is 6.92 Å². The number of Topliss-reactive ketones (excluding diaryl/α,β-unsaturated/α-hetero) is 1. The van der Waals surface area contributed by atoms with Gasteiger partial charge >= 0.3 is 6.11 Å². The van der Waals surface area contributed by atoms with Gasteiger partial charge in [0.2, 0.25) is 12.3 Å².